The van der Waals surface area contributed by atoms with E-state index in [0.717, 1.165) is 6.42 Å². The van der Waals surface area contributed by atoms with E-state index in [9.17, 15) is 0 Å². The molecule has 0 bridgehead atoms. The van der Waals surface area contributed by atoms with Crippen LogP contribution in [0.5, 0.6) is 0 Å². The summed E-state index contributed by atoms with van der Waals surface area (Å²) in [5.41, 5.74) is 0.359. The third-order valence-corrected chi connectivity index (χ3v) is 2.20. The first-order valence-corrected chi connectivity index (χ1v) is 4.13. The Kier molecular flexibility index (Phi) is 3.95. The maximum absolute atomic E-state index is 8.73. The lowest BCUT2D eigenvalue weighted by Crippen LogP contribution is -2.20. The van der Waals surface area contributed by atoms with Crippen molar-refractivity contribution in [3.8, 4) is 0 Å². The van der Waals surface area contributed by atoms with Crippen molar-refractivity contribution in [3.63, 3.8) is 0 Å². The van der Waals surface area contributed by atoms with Gasteiger partial charge in [0.2, 0.25) is 0 Å². The third kappa shape index (κ3) is 3.21. The van der Waals surface area contributed by atoms with E-state index < -0.39 is 0 Å². The molecule has 0 amide bonds. The first-order chi connectivity index (χ1) is 4.52. The van der Waals surface area contributed by atoms with Crippen molar-refractivity contribution >= 4 is 0 Å². The molecule has 1 atom stereocenters. The largest absolute Gasteiger partial charge is 0.396 e. The van der Waals surface area contributed by atoms with Crippen molar-refractivity contribution in [3.05, 3.63) is 0 Å². The van der Waals surface area contributed by atoms with Crippen LogP contribution in [-0.2, 0) is 0 Å². The molecule has 0 fully saturated rings. The van der Waals surface area contributed by atoms with E-state index in [1.165, 1.54) is 6.42 Å². The molecule has 0 radical (unpaired) electrons. The van der Waals surface area contributed by atoms with Gasteiger partial charge in [0.1, 0.15) is 0 Å². The molecule has 0 saturated carbocycles. The standard InChI is InChI=1S/C9H20O/c1-5-8(6-7-10)9(2,3)4/h8,10H,5-7H2,1-4H3. The van der Waals surface area contributed by atoms with Gasteiger partial charge in [-0.15, -0.1) is 0 Å². The summed E-state index contributed by atoms with van der Waals surface area (Å²) in [5.74, 6) is 0.664. The van der Waals surface area contributed by atoms with Gasteiger partial charge in [-0.25, -0.2) is 0 Å². The highest BCUT2D eigenvalue weighted by Crippen LogP contribution is 2.30. The van der Waals surface area contributed by atoms with E-state index in [0.29, 0.717) is 17.9 Å². The molecular weight excluding hydrogens is 124 g/mol. The van der Waals surface area contributed by atoms with Gasteiger partial charge in [-0.05, 0) is 17.8 Å². The molecule has 1 unspecified atom stereocenters. The fraction of sp³-hybridized carbons (Fsp3) is 1.00. The van der Waals surface area contributed by atoms with Gasteiger partial charge in [-0.2, -0.15) is 0 Å². The molecule has 0 heterocycles. The smallest absolute Gasteiger partial charge is 0.0433 e. The van der Waals surface area contributed by atoms with E-state index in [4.69, 9.17) is 5.11 Å². The molecule has 0 aliphatic heterocycles. The van der Waals surface area contributed by atoms with Crippen LogP contribution < -0.4 is 0 Å². The van der Waals surface area contributed by atoms with Crippen molar-refractivity contribution in [2.45, 2.75) is 40.5 Å². The minimum Gasteiger partial charge on any atom is -0.396 e. The Balaban J connectivity index is 3.81. The van der Waals surface area contributed by atoms with Crippen LogP contribution in [0, 0.1) is 11.3 Å². The lowest BCUT2D eigenvalue weighted by atomic mass is 9.77. The molecule has 1 nitrogen and oxygen atoms in total. The summed E-state index contributed by atoms with van der Waals surface area (Å²) >= 11 is 0. The Morgan fingerprint density at radius 3 is 1.90 bits per heavy atom. The molecule has 0 aromatic heterocycles. The van der Waals surface area contributed by atoms with Crippen molar-refractivity contribution in [2.24, 2.45) is 11.3 Å². The molecule has 1 N–H and O–H groups in total. The summed E-state index contributed by atoms with van der Waals surface area (Å²) in [6.45, 7) is 9.21. The first-order valence-electron chi connectivity index (χ1n) is 4.13. The lowest BCUT2D eigenvalue weighted by Gasteiger charge is -2.29. The Morgan fingerprint density at radius 2 is 1.80 bits per heavy atom. The molecule has 0 aromatic carbocycles. The monoisotopic (exact) mass is 144 g/mol. The number of aliphatic hydroxyl groups excluding tert-OH is 1. The summed E-state index contributed by atoms with van der Waals surface area (Å²) in [5, 5.41) is 8.73. The van der Waals surface area contributed by atoms with Crippen LogP contribution in [-0.4, -0.2) is 11.7 Å². The molecular formula is C9H20O. The lowest BCUT2D eigenvalue weighted by molar-refractivity contribution is 0.169. The minimum absolute atomic E-state index is 0.329. The Bertz CT molecular complexity index is 81.2. The molecule has 62 valence electrons. The van der Waals surface area contributed by atoms with Gasteiger partial charge in [0.05, 0.1) is 0 Å². The topological polar surface area (TPSA) is 20.2 Å². The predicted molar refractivity (Wildman–Crippen MR) is 44.9 cm³/mol. The third-order valence-electron chi connectivity index (χ3n) is 2.20. The van der Waals surface area contributed by atoms with E-state index in [1.54, 1.807) is 0 Å². The van der Waals surface area contributed by atoms with E-state index >= 15 is 0 Å². The van der Waals surface area contributed by atoms with Crippen LogP contribution in [0.2, 0.25) is 0 Å². The molecule has 0 aliphatic rings. The highest BCUT2D eigenvalue weighted by molar-refractivity contribution is 4.71. The van der Waals surface area contributed by atoms with Gasteiger partial charge in [0, 0.05) is 6.61 Å². The molecule has 0 aliphatic carbocycles. The molecule has 0 spiro atoms. The highest BCUT2D eigenvalue weighted by atomic mass is 16.3. The highest BCUT2D eigenvalue weighted by Gasteiger charge is 2.21. The second-order valence-electron chi connectivity index (χ2n) is 3.98. The number of aliphatic hydroxyl groups is 1. The Hall–Kier alpha value is -0.0400. The van der Waals surface area contributed by atoms with Crippen LogP contribution in [0.3, 0.4) is 0 Å². The molecule has 0 rings (SSSR count). The summed E-state index contributed by atoms with van der Waals surface area (Å²) in [6.07, 6.45) is 2.12. The SMILES string of the molecule is CCC(CCO)C(C)(C)C. The molecule has 10 heavy (non-hydrogen) atoms. The summed E-state index contributed by atoms with van der Waals surface area (Å²) in [4.78, 5) is 0. The van der Waals surface area contributed by atoms with Crippen LogP contribution in [0.1, 0.15) is 40.5 Å². The second-order valence-corrected chi connectivity index (χ2v) is 3.98. The van der Waals surface area contributed by atoms with Crippen LogP contribution >= 0.6 is 0 Å². The summed E-state index contributed by atoms with van der Waals surface area (Å²) in [6, 6.07) is 0. The zero-order chi connectivity index (χ0) is 8.20. The average Bonchev–Trinajstić information content (AvgIpc) is 1.80. The van der Waals surface area contributed by atoms with E-state index in [1.807, 2.05) is 0 Å². The normalized spacial score (nSPS) is 15.3. The molecule has 0 saturated heterocycles. The molecule has 1 heteroatoms. The maximum atomic E-state index is 8.73. The zero-order valence-electron chi connectivity index (χ0n) is 7.65. The minimum atomic E-state index is 0.329. The Morgan fingerprint density at radius 1 is 1.30 bits per heavy atom. The van der Waals surface area contributed by atoms with Gasteiger partial charge in [-0.3, -0.25) is 0 Å². The number of hydrogen-bond donors (Lipinski definition) is 1. The van der Waals surface area contributed by atoms with Gasteiger partial charge < -0.3 is 5.11 Å². The molecule has 0 aromatic rings. The van der Waals surface area contributed by atoms with Crippen molar-refractivity contribution in [1.82, 2.24) is 0 Å². The van der Waals surface area contributed by atoms with Crippen molar-refractivity contribution in [2.75, 3.05) is 6.61 Å². The summed E-state index contributed by atoms with van der Waals surface area (Å²) in [7, 11) is 0. The first kappa shape index (κ1) is 9.96. The van der Waals surface area contributed by atoms with Crippen LogP contribution in [0.15, 0.2) is 0 Å². The second kappa shape index (κ2) is 3.97. The fourth-order valence-electron chi connectivity index (χ4n) is 1.41. The number of hydrogen-bond acceptors (Lipinski definition) is 1. The quantitative estimate of drug-likeness (QED) is 0.645. The zero-order valence-corrected chi connectivity index (χ0v) is 7.65. The van der Waals surface area contributed by atoms with Gasteiger partial charge in [0.25, 0.3) is 0 Å². The van der Waals surface area contributed by atoms with Crippen molar-refractivity contribution in [1.29, 1.82) is 0 Å². The Labute approximate surface area is 64.5 Å². The van der Waals surface area contributed by atoms with Gasteiger partial charge in [-0.1, -0.05) is 34.1 Å². The average molecular weight is 144 g/mol. The number of rotatable bonds is 3. The van der Waals surface area contributed by atoms with Crippen molar-refractivity contribution < 1.29 is 5.11 Å². The fourth-order valence-corrected chi connectivity index (χ4v) is 1.41. The maximum Gasteiger partial charge on any atom is 0.0433 e. The van der Waals surface area contributed by atoms with Crippen LogP contribution in [0.25, 0.3) is 0 Å². The van der Waals surface area contributed by atoms with E-state index in [-0.39, 0.29) is 0 Å². The van der Waals surface area contributed by atoms with Crippen LogP contribution in [0.4, 0.5) is 0 Å². The predicted octanol–water partition coefficient (Wildman–Crippen LogP) is 2.44. The van der Waals surface area contributed by atoms with E-state index in [2.05, 4.69) is 27.7 Å². The summed E-state index contributed by atoms with van der Waals surface area (Å²) < 4.78 is 0. The van der Waals surface area contributed by atoms with Gasteiger partial charge >= 0.3 is 0 Å². The van der Waals surface area contributed by atoms with Gasteiger partial charge in [0.15, 0.2) is 0 Å².